The van der Waals surface area contributed by atoms with Gasteiger partial charge in [0.15, 0.2) is 0 Å². The van der Waals surface area contributed by atoms with Gasteiger partial charge in [0.2, 0.25) is 0 Å². The summed E-state index contributed by atoms with van der Waals surface area (Å²) in [4.78, 5) is 0. The SMILES string of the molecule is Cc1cc(C)c(-c2ccc3c(c2)B2c4c(cc(C)cc4-n4c5ccc(-c6ccccc6-c6ccccc6)cc5c5cc(-c6ccccc6-c6ccccc6)cc2c54)O3)c(C)c1. The molecular weight excluding hydrogens is 737 g/mol. The lowest BCUT2D eigenvalue weighted by atomic mass is 9.34. The molecule has 0 spiro atoms. The second-order valence-corrected chi connectivity index (χ2v) is 17.1. The highest BCUT2D eigenvalue weighted by Crippen LogP contribution is 2.43. The van der Waals surface area contributed by atoms with E-state index in [9.17, 15) is 0 Å². The van der Waals surface area contributed by atoms with Crippen LogP contribution in [0.15, 0.2) is 182 Å². The number of nitrogens with zero attached hydrogens (tertiary/aromatic N) is 1. The molecule has 2 aliphatic rings. The second-order valence-electron chi connectivity index (χ2n) is 17.1. The average molecular weight is 780 g/mol. The third-order valence-electron chi connectivity index (χ3n) is 13.1. The van der Waals surface area contributed by atoms with Crippen LogP contribution in [0.4, 0.5) is 0 Å². The molecule has 2 aliphatic heterocycles. The van der Waals surface area contributed by atoms with Crippen LogP contribution in [-0.2, 0) is 0 Å². The topological polar surface area (TPSA) is 14.2 Å². The second kappa shape index (κ2) is 13.6. The smallest absolute Gasteiger partial charge is 0.256 e. The first-order valence-corrected chi connectivity index (χ1v) is 21.4. The van der Waals surface area contributed by atoms with E-state index in [0.29, 0.717) is 0 Å². The van der Waals surface area contributed by atoms with E-state index in [-0.39, 0.29) is 6.71 Å². The van der Waals surface area contributed by atoms with Gasteiger partial charge < -0.3 is 9.30 Å². The maximum Gasteiger partial charge on any atom is 0.256 e. The van der Waals surface area contributed by atoms with Crippen LogP contribution in [0.2, 0.25) is 0 Å². The van der Waals surface area contributed by atoms with Crippen LogP contribution in [0.5, 0.6) is 11.5 Å². The van der Waals surface area contributed by atoms with Crippen LogP contribution in [0.1, 0.15) is 22.3 Å². The molecule has 0 N–H and O–H groups in total. The van der Waals surface area contributed by atoms with Crippen LogP contribution in [-0.4, -0.2) is 11.3 Å². The van der Waals surface area contributed by atoms with E-state index in [1.807, 2.05) is 0 Å². The van der Waals surface area contributed by atoms with Gasteiger partial charge >= 0.3 is 0 Å². The minimum absolute atomic E-state index is 0.0400. The number of fused-ring (bicyclic) bond motifs is 7. The fourth-order valence-corrected chi connectivity index (χ4v) is 10.7. The summed E-state index contributed by atoms with van der Waals surface area (Å²) in [6.07, 6.45) is 0. The van der Waals surface area contributed by atoms with Gasteiger partial charge in [-0.3, -0.25) is 0 Å². The van der Waals surface area contributed by atoms with Crippen molar-refractivity contribution in [1.82, 2.24) is 4.57 Å². The maximum absolute atomic E-state index is 6.99. The Kier molecular flexibility index (Phi) is 7.93. The highest BCUT2D eigenvalue weighted by molar-refractivity contribution is 6.99. The van der Waals surface area contributed by atoms with Gasteiger partial charge in [0.1, 0.15) is 11.5 Å². The molecule has 288 valence electrons. The van der Waals surface area contributed by atoms with Gasteiger partial charge in [-0.25, -0.2) is 0 Å². The van der Waals surface area contributed by atoms with E-state index in [1.165, 1.54) is 122 Å². The predicted octanol–water partition coefficient (Wildman–Crippen LogP) is 13.3. The monoisotopic (exact) mass is 779 g/mol. The number of ether oxygens (including phenoxy) is 1. The molecule has 0 aliphatic carbocycles. The summed E-state index contributed by atoms with van der Waals surface area (Å²) in [5, 5.41) is 2.50. The minimum Gasteiger partial charge on any atom is -0.458 e. The Balaban J connectivity index is 1.18. The number of aromatic nitrogens is 1. The maximum atomic E-state index is 6.99. The molecule has 0 radical (unpaired) electrons. The zero-order chi connectivity index (χ0) is 40.9. The molecule has 0 bridgehead atoms. The van der Waals surface area contributed by atoms with E-state index < -0.39 is 0 Å². The largest absolute Gasteiger partial charge is 0.458 e. The zero-order valence-electron chi connectivity index (χ0n) is 34.8. The molecule has 0 atom stereocenters. The Labute approximate surface area is 357 Å². The van der Waals surface area contributed by atoms with Crippen LogP contribution < -0.4 is 21.1 Å². The lowest BCUT2D eigenvalue weighted by Crippen LogP contribution is -2.58. The van der Waals surface area contributed by atoms with E-state index >= 15 is 0 Å². The van der Waals surface area contributed by atoms with E-state index in [1.54, 1.807) is 0 Å². The minimum atomic E-state index is -0.0400. The number of hydrogen-bond donors (Lipinski definition) is 0. The molecule has 3 heterocycles. The Morgan fingerprint density at radius 1 is 0.410 bits per heavy atom. The molecule has 0 saturated heterocycles. The molecule has 0 saturated carbocycles. The van der Waals surface area contributed by atoms with Crippen LogP contribution >= 0.6 is 0 Å². The first-order chi connectivity index (χ1) is 29.9. The van der Waals surface area contributed by atoms with Crippen molar-refractivity contribution in [2.24, 2.45) is 0 Å². The molecule has 2 nitrogen and oxygen atoms in total. The molecule has 0 unspecified atom stereocenters. The number of benzene rings is 9. The van der Waals surface area contributed by atoms with Crippen LogP contribution in [0.25, 0.3) is 83.1 Å². The van der Waals surface area contributed by atoms with Crippen LogP contribution in [0.3, 0.4) is 0 Å². The van der Waals surface area contributed by atoms with E-state index in [0.717, 1.165) is 11.5 Å². The summed E-state index contributed by atoms with van der Waals surface area (Å²) in [7, 11) is 0. The van der Waals surface area contributed by atoms with Gasteiger partial charge in [-0.15, -0.1) is 0 Å². The van der Waals surface area contributed by atoms with Gasteiger partial charge in [-0.1, -0.05) is 151 Å². The van der Waals surface area contributed by atoms with Crippen molar-refractivity contribution in [2.45, 2.75) is 27.7 Å². The lowest BCUT2D eigenvalue weighted by molar-refractivity contribution is 0.487. The van der Waals surface area contributed by atoms with E-state index in [2.05, 4.69) is 214 Å². The Hall–Kier alpha value is -7.36. The zero-order valence-corrected chi connectivity index (χ0v) is 34.8. The molecule has 0 amide bonds. The van der Waals surface area contributed by atoms with Crippen molar-refractivity contribution in [1.29, 1.82) is 0 Å². The summed E-state index contributed by atoms with van der Waals surface area (Å²) >= 11 is 0. The van der Waals surface area contributed by atoms with Gasteiger partial charge in [0, 0.05) is 22.0 Å². The highest BCUT2D eigenvalue weighted by Gasteiger charge is 2.41. The molecule has 12 rings (SSSR count). The van der Waals surface area contributed by atoms with Crippen molar-refractivity contribution < 1.29 is 4.74 Å². The van der Waals surface area contributed by atoms with Gasteiger partial charge in [0.25, 0.3) is 6.71 Å². The van der Waals surface area contributed by atoms with Crippen molar-refractivity contribution in [2.75, 3.05) is 0 Å². The lowest BCUT2D eigenvalue weighted by Gasteiger charge is -2.34. The van der Waals surface area contributed by atoms with Crippen molar-refractivity contribution in [3.05, 3.63) is 204 Å². The summed E-state index contributed by atoms with van der Waals surface area (Å²) in [5.41, 5.74) is 24.7. The Bertz CT molecular complexity index is 3410. The molecule has 9 aromatic carbocycles. The van der Waals surface area contributed by atoms with Crippen molar-refractivity contribution in [3.8, 4) is 72.8 Å². The molecule has 1 aromatic heterocycles. The fourth-order valence-electron chi connectivity index (χ4n) is 10.7. The number of hydrogen-bond acceptors (Lipinski definition) is 1. The number of rotatable bonds is 5. The summed E-state index contributed by atoms with van der Waals surface area (Å²) < 4.78 is 9.52. The quantitative estimate of drug-likeness (QED) is 0.159. The summed E-state index contributed by atoms with van der Waals surface area (Å²) in [5.74, 6) is 1.86. The molecular formula is C58H42BNO. The summed E-state index contributed by atoms with van der Waals surface area (Å²) in [6, 6.07) is 67.4. The first-order valence-electron chi connectivity index (χ1n) is 21.4. The predicted molar refractivity (Wildman–Crippen MR) is 258 cm³/mol. The average Bonchev–Trinajstić information content (AvgIpc) is 3.62. The Morgan fingerprint density at radius 3 is 1.61 bits per heavy atom. The fraction of sp³-hybridized carbons (Fsp3) is 0.0690. The number of aryl methyl sites for hydroxylation is 4. The molecule has 3 heteroatoms. The first kappa shape index (κ1) is 35.6. The molecule has 61 heavy (non-hydrogen) atoms. The van der Waals surface area contributed by atoms with Crippen molar-refractivity contribution >= 4 is 44.9 Å². The van der Waals surface area contributed by atoms with Gasteiger partial charge in [-0.05, 0) is 153 Å². The molecule has 10 aromatic rings. The summed E-state index contributed by atoms with van der Waals surface area (Å²) in [6.45, 7) is 8.82. The van der Waals surface area contributed by atoms with Crippen molar-refractivity contribution in [3.63, 3.8) is 0 Å². The Morgan fingerprint density at radius 2 is 0.951 bits per heavy atom. The van der Waals surface area contributed by atoms with Gasteiger partial charge in [0.05, 0.1) is 5.52 Å². The van der Waals surface area contributed by atoms with E-state index in [4.69, 9.17) is 4.74 Å². The third kappa shape index (κ3) is 5.50. The van der Waals surface area contributed by atoms with Gasteiger partial charge in [-0.2, -0.15) is 0 Å². The third-order valence-corrected chi connectivity index (χ3v) is 13.1. The normalized spacial score (nSPS) is 12.4. The molecule has 0 fully saturated rings. The standard InChI is InChI=1S/C58H42BNO/c1-35-27-37(3)56(38(4)28-35)42-24-26-54-50(33-42)59-51-34-43(47-22-14-12-20-45(47)40-17-9-6-10-18-40)32-49-48-31-41(46-21-13-11-19-44(46)39-15-7-5-8-16-39)23-25-52(48)60(58(49)51)53-29-36(2)30-55(61-54)57(53)59/h5-34H,1-4H3. The van der Waals surface area contributed by atoms with Crippen LogP contribution in [0, 0.1) is 27.7 Å². The highest BCUT2D eigenvalue weighted by atomic mass is 16.5.